The second-order valence-corrected chi connectivity index (χ2v) is 7.44. The zero-order valence-electron chi connectivity index (χ0n) is 16.0. The van der Waals surface area contributed by atoms with Crippen LogP contribution in [0.25, 0.3) is 0 Å². The average molecular weight is 341 g/mol. The molecule has 1 heterocycles. The van der Waals surface area contributed by atoms with Gasteiger partial charge in [0.15, 0.2) is 0 Å². The lowest BCUT2D eigenvalue weighted by molar-refractivity contribution is -0.154. The Morgan fingerprint density at radius 3 is 2.17 bits per heavy atom. The highest BCUT2D eigenvalue weighted by atomic mass is 16.5. The van der Waals surface area contributed by atoms with Gasteiger partial charge in [-0.3, -0.25) is 9.69 Å². The van der Waals surface area contributed by atoms with Crippen molar-refractivity contribution in [2.24, 2.45) is 0 Å². The van der Waals surface area contributed by atoms with E-state index in [2.05, 4.69) is 37.3 Å². The molecule has 6 nitrogen and oxygen atoms in total. The fourth-order valence-electron chi connectivity index (χ4n) is 3.60. The number of allylic oxidation sites excluding steroid dienone is 1. The standard InChI is InChI=1S/C18H31NO5/c1-8-23-16(21)12-19-17(3,4)10-14(11-18(19,5)6)24-13(2)9-15(20)22-7/h9,14H,8,10-12H2,1-7H3/b13-9-. The van der Waals surface area contributed by atoms with Crippen LogP contribution in [0.5, 0.6) is 0 Å². The Kier molecular flexibility index (Phi) is 6.84. The summed E-state index contributed by atoms with van der Waals surface area (Å²) < 4.78 is 15.7. The Morgan fingerprint density at radius 1 is 1.17 bits per heavy atom. The minimum absolute atomic E-state index is 0.0330. The van der Waals surface area contributed by atoms with Crippen LogP contribution in [0.2, 0.25) is 0 Å². The van der Waals surface area contributed by atoms with Crippen LogP contribution in [0.1, 0.15) is 54.4 Å². The second-order valence-electron chi connectivity index (χ2n) is 7.44. The van der Waals surface area contributed by atoms with Gasteiger partial charge in [0.1, 0.15) is 11.9 Å². The molecule has 0 bridgehead atoms. The molecular formula is C18H31NO5. The van der Waals surface area contributed by atoms with Crippen LogP contribution in [0.15, 0.2) is 11.8 Å². The van der Waals surface area contributed by atoms with Crippen molar-refractivity contribution in [3.8, 4) is 0 Å². The summed E-state index contributed by atoms with van der Waals surface area (Å²) in [7, 11) is 1.34. The van der Waals surface area contributed by atoms with E-state index in [9.17, 15) is 9.59 Å². The lowest BCUT2D eigenvalue weighted by Crippen LogP contribution is -2.63. The summed E-state index contributed by atoms with van der Waals surface area (Å²) in [6.07, 6.45) is 2.82. The van der Waals surface area contributed by atoms with Gasteiger partial charge in [-0.25, -0.2) is 4.79 Å². The van der Waals surface area contributed by atoms with Gasteiger partial charge >= 0.3 is 11.9 Å². The van der Waals surface area contributed by atoms with Crippen molar-refractivity contribution < 1.29 is 23.8 Å². The summed E-state index contributed by atoms with van der Waals surface area (Å²) in [5, 5.41) is 0. The van der Waals surface area contributed by atoms with Gasteiger partial charge in [-0.2, -0.15) is 0 Å². The third-order valence-electron chi connectivity index (χ3n) is 4.38. The highest BCUT2D eigenvalue weighted by Gasteiger charge is 2.47. The monoisotopic (exact) mass is 341 g/mol. The SMILES string of the molecule is CCOC(=O)CN1C(C)(C)CC(O/C(C)=C\C(=O)OC)CC1(C)C. The summed E-state index contributed by atoms with van der Waals surface area (Å²) in [6.45, 7) is 12.6. The topological polar surface area (TPSA) is 65.1 Å². The number of esters is 2. The molecule has 0 radical (unpaired) electrons. The number of ether oxygens (including phenoxy) is 3. The first kappa shape index (κ1) is 20.5. The van der Waals surface area contributed by atoms with Crippen LogP contribution in [-0.4, -0.2) is 54.3 Å². The average Bonchev–Trinajstić information content (AvgIpc) is 2.42. The quantitative estimate of drug-likeness (QED) is 0.420. The Hall–Kier alpha value is -1.56. The molecular weight excluding hydrogens is 310 g/mol. The predicted molar refractivity (Wildman–Crippen MR) is 91.4 cm³/mol. The third-order valence-corrected chi connectivity index (χ3v) is 4.38. The van der Waals surface area contributed by atoms with Crippen LogP contribution >= 0.6 is 0 Å². The first-order valence-electron chi connectivity index (χ1n) is 8.38. The van der Waals surface area contributed by atoms with E-state index >= 15 is 0 Å². The Bertz CT molecular complexity index is 478. The van der Waals surface area contributed by atoms with Crippen LogP contribution in [0.4, 0.5) is 0 Å². The largest absolute Gasteiger partial charge is 0.495 e. The molecule has 1 rings (SSSR count). The lowest BCUT2D eigenvalue weighted by atomic mass is 9.78. The van der Waals surface area contributed by atoms with Gasteiger partial charge in [-0.05, 0) is 41.5 Å². The molecule has 6 heteroatoms. The van der Waals surface area contributed by atoms with E-state index in [1.54, 1.807) is 6.92 Å². The molecule has 0 N–H and O–H groups in total. The van der Waals surface area contributed by atoms with Crippen molar-refractivity contribution in [3.05, 3.63) is 11.8 Å². The van der Waals surface area contributed by atoms with Gasteiger partial charge in [0.05, 0.1) is 26.3 Å². The highest BCUT2D eigenvalue weighted by Crippen LogP contribution is 2.39. The molecule has 0 atom stereocenters. The van der Waals surface area contributed by atoms with Gasteiger partial charge in [0.2, 0.25) is 0 Å². The summed E-state index contributed by atoms with van der Waals surface area (Å²) >= 11 is 0. The van der Waals surface area contributed by atoms with Gasteiger partial charge in [-0.1, -0.05) is 0 Å². The number of hydrogen-bond donors (Lipinski definition) is 0. The molecule has 1 fully saturated rings. The normalized spacial score (nSPS) is 21.2. The predicted octanol–water partition coefficient (Wildman–Crippen LogP) is 2.66. The van der Waals surface area contributed by atoms with Gasteiger partial charge < -0.3 is 14.2 Å². The summed E-state index contributed by atoms with van der Waals surface area (Å²) in [5.74, 6) is -0.0946. The first-order chi connectivity index (χ1) is 11.0. The number of carbonyl (C=O) groups is 2. The molecule has 0 aliphatic carbocycles. The zero-order chi connectivity index (χ0) is 18.5. The number of likely N-dealkylation sites (tertiary alicyclic amines) is 1. The zero-order valence-corrected chi connectivity index (χ0v) is 16.0. The molecule has 0 amide bonds. The highest BCUT2D eigenvalue weighted by molar-refractivity contribution is 5.82. The molecule has 0 spiro atoms. The minimum Gasteiger partial charge on any atom is -0.495 e. The molecule has 1 aliphatic rings. The van der Waals surface area contributed by atoms with Crippen molar-refractivity contribution in [2.45, 2.75) is 71.6 Å². The van der Waals surface area contributed by atoms with E-state index in [-0.39, 0.29) is 29.7 Å². The number of carbonyl (C=O) groups excluding carboxylic acids is 2. The summed E-state index contributed by atoms with van der Waals surface area (Å²) in [5.41, 5.74) is -0.463. The van der Waals surface area contributed by atoms with Gasteiger partial charge in [0.25, 0.3) is 0 Å². The molecule has 0 aromatic heterocycles. The molecule has 0 aromatic carbocycles. The fourth-order valence-corrected chi connectivity index (χ4v) is 3.60. The summed E-state index contributed by atoms with van der Waals surface area (Å²) in [4.78, 5) is 25.4. The Labute approximate surface area is 145 Å². The fraction of sp³-hybridized carbons (Fsp3) is 0.778. The Morgan fingerprint density at radius 2 is 1.71 bits per heavy atom. The number of piperidine rings is 1. The van der Waals surface area contributed by atoms with Crippen molar-refractivity contribution in [2.75, 3.05) is 20.3 Å². The van der Waals surface area contributed by atoms with E-state index in [4.69, 9.17) is 9.47 Å². The smallest absolute Gasteiger partial charge is 0.333 e. The first-order valence-corrected chi connectivity index (χ1v) is 8.38. The van der Waals surface area contributed by atoms with Crippen LogP contribution < -0.4 is 0 Å². The van der Waals surface area contributed by atoms with E-state index in [1.165, 1.54) is 13.2 Å². The number of nitrogens with zero attached hydrogens (tertiary/aromatic N) is 1. The number of methoxy groups -OCH3 is 1. The van der Waals surface area contributed by atoms with Crippen molar-refractivity contribution in [3.63, 3.8) is 0 Å². The second kappa shape index (κ2) is 8.01. The maximum Gasteiger partial charge on any atom is 0.333 e. The molecule has 1 aliphatic heterocycles. The molecule has 0 unspecified atom stereocenters. The van der Waals surface area contributed by atoms with Crippen LogP contribution in [-0.2, 0) is 23.8 Å². The van der Waals surface area contributed by atoms with E-state index in [1.807, 2.05) is 6.92 Å². The maximum atomic E-state index is 11.9. The van der Waals surface area contributed by atoms with E-state index in [0.717, 1.165) is 12.8 Å². The molecule has 0 aromatic rings. The maximum absolute atomic E-state index is 11.9. The lowest BCUT2D eigenvalue weighted by Gasteiger charge is -2.54. The van der Waals surface area contributed by atoms with Crippen molar-refractivity contribution in [1.82, 2.24) is 4.90 Å². The minimum atomic E-state index is -0.425. The number of hydrogen-bond acceptors (Lipinski definition) is 6. The molecule has 1 saturated heterocycles. The van der Waals surface area contributed by atoms with Crippen molar-refractivity contribution >= 4 is 11.9 Å². The van der Waals surface area contributed by atoms with Gasteiger partial charge in [0, 0.05) is 23.9 Å². The summed E-state index contributed by atoms with van der Waals surface area (Å²) in [6, 6.07) is 0. The Balaban J connectivity index is 2.85. The van der Waals surface area contributed by atoms with Gasteiger partial charge in [-0.15, -0.1) is 0 Å². The third kappa shape index (κ3) is 5.51. The van der Waals surface area contributed by atoms with E-state index < -0.39 is 5.97 Å². The molecule has 0 saturated carbocycles. The van der Waals surface area contributed by atoms with E-state index in [0.29, 0.717) is 12.4 Å². The molecule has 24 heavy (non-hydrogen) atoms. The number of rotatable bonds is 6. The molecule has 138 valence electrons. The van der Waals surface area contributed by atoms with Crippen LogP contribution in [0.3, 0.4) is 0 Å². The van der Waals surface area contributed by atoms with Crippen molar-refractivity contribution in [1.29, 1.82) is 0 Å². The van der Waals surface area contributed by atoms with Crippen LogP contribution in [0, 0.1) is 0 Å².